The first-order valence-corrected chi connectivity index (χ1v) is 10.2. The van der Waals surface area contributed by atoms with E-state index in [-0.39, 0.29) is 6.04 Å². The Morgan fingerprint density at radius 3 is 2.19 bits per heavy atom. The normalized spacial score (nSPS) is 22.2. The average Bonchev–Trinajstić information content (AvgIpc) is 2.52. The van der Waals surface area contributed by atoms with Crippen LogP contribution in [0, 0.1) is 5.92 Å². The Hall–Kier alpha value is -1.35. The minimum atomic E-state index is -4.43. The molecule has 0 unspecified atom stereocenters. The predicted octanol–water partition coefficient (Wildman–Crippen LogP) is 3.79. The number of sulfonamides is 1. The molecule has 1 aromatic heterocycles. The fraction of sp³-hybridized carbons (Fsp3) is 0.706. The maximum absolute atomic E-state index is 12.5. The summed E-state index contributed by atoms with van der Waals surface area (Å²) in [5, 5.41) is 3.11. The van der Waals surface area contributed by atoms with Gasteiger partial charge in [0.15, 0.2) is 0 Å². The highest BCUT2D eigenvalue weighted by Crippen LogP contribution is 2.29. The molecule has 2 N–H and O–H groups in total. The van der Waals surface area contributed by atoms with Crippen LogP contribution in [0.15, 0.2) is 18.3 Å². The van der Waals surface area contributed by atoms with Crippen LogP contribution in [0.3, 0.4) is 0 Å². The molecule has 1 fully saturated rings. The van der Waals surface area contributed by atoms with Gasteiger partial charge < -0.3 is 5.32 Å². The van der Waals surface area contributed by atoms with Crippen molar-refractivity contribution in [2.75, 3.05) is 11.9 Å². The molecule has 0 radical (unpaired) electrons. The fourth-order valence-corrected chi connectivity index (χ4v) is 3.84. The molecule has 1 saturated carbocycles. The molecule has 148 valence electrons. The van der Waals surface area contributed by atoms with Crippen LogP contribution in [0.1, 0.15) is 52.1 Å². The first-order chi connectivity index (χ1) is 11.9. The molecule has 1 aliphatic carbocycles. The number of rotatable bonds is 5. The van der Waals surface area contributed by atoms with Crippen molar-refractivity contribution in [1.82, 2.24) is 9.71 Å². The van der Waals surface area contributed by atoms with E-state index < -0.39 is 26.6 Å². The second-order valence-electron chi connectivity index (χ2n) is 7.76. The molecular weight excluding hydrogens is 367 g/mol. The second-order valence-corrected chi connectivity index (χ2v) is 10.2. The Morgan fingerprint density at radius 2 is 1.73 bits per heavy atom. The summed E-state index contributed by atoms with van der Waals surface area (Å²) in [6.07, 6.45) is -0.0140. The molecule has 1 aliphatic rings. The lowest BCUT2D eigenvalue weighted by Crippen LogP contribution is -2.46. The number of hydrogen-bond acceptors (Lipinski definition) is 4. The number of pyridine rings is 1. The van der Waals surface area contributed by atoms with E-state index in [0.717, 1.165) is 31.7 Å². The van der Waals surface area contributed by atoms with Crippen LogP contribution in [0.4, 0.5) is 18.9 Å². The Bertz CT molecular complexity index is 689. The molecule has 1 heterocycles. The van der Waals surface area contributed by atoms with Crippen molar-refractivity contribution < 1.29 is 21.6 Å². The third-order valence-corrected chi connectivity index (χ3v) is 6.88. The van der Waals surface area contributed by atoms with Gasteiger partial charge in [0.05, 0.1) is 16.6 Å². The smallest absolute Gasteiger partial charge is 0.384 e. The van der Waals surface area contributed by atoms with Crippen LogP contribution in [0.5, 0.6) is 0 Å². The van der Waals surface area contributed by atoms with Gasteiger partial charge in [-0.25, -0.2) is 18.1 Å². The van der Waals surface area contributed by atoms with Crippen molar-refractivity contribution in [3.8, 4) is 0 Å². The van der Waals surface area contributed by atoms with Gasteiger partial charge in [0, 0.05) is 12.6 Å². The van der Waals surface area contributed by atoms with Crippen molar-refractivity contribution in [3.63, 3.8) is 0 Å². The minimum Gasteiger partial charge on any atom is -0.384 e. The van der Waals surface area contributed by atoms with Crippen molar-refractivity contribution in [2.24, 2.45) is 5.92 Å². The monoisotopic (exact) mass is 393 g/mol. The minimum absolute atomic E-state index is 0.0526. The van der Waals surface area contributed by atoms with Crippen molar-refractivity contribution in [1.29, 1.82) is 0 Å². The molecule has 0 bridgehead atoms. The molecule has 1 aromatic rings. The summed E-state index contributed by atoms with van der Waals surface area (Å²) < 4.78 is 63.8. The summed E-state index contributed by atoms with van der Waals surface area (Å²) in [7, 11) is -3.35. The van der Waals surface area contributed by atoms with Gasteiger partial charge in [-0.15, -0.1) is 0 Å². The van der Waals surface area contributed by atoms with Gasteiger partial charge >= 0.3 is 6.18 Å². The lowest BCUT2D eigenvalue weighted by molar-refractivity contribution is -0.141. The highest BCUT2D eigenvalue weighted by molar-refractivity contribution is 7.90. The standard InChI is InChI=1S/C17H26F3N3O2S/c1-16(2,3)26(24,25)23-13-6-4-12(5-7-13)10-21-14-8-9-15(22-11-14)17(18,19)20/h8-9,11-13,21,23H,4-7,10H2,1-3H3/t12-,13-. The number of nitrogens with zero attached hydrogens (tertiary/aromatic N) is 1. The number of nitrogens with one attached hydrogen (secondary N) is 2. The van der Waals surface area contributed by atoms with Crippen LogP contribution in [0.25, 0.3) is 0 Å². The molecule has 0 atom stereocenters. The van der Waals surface area contributed by atoms with E-state index in [2.05, 4.69) is 15.0 Å². The SMILES string of the molecule is CC(C)(C)S(=O)(=O)N[C@H]1CC[C@H](CNc2ccc(C(F)(F)F)nc2)CC1. The molecule has 9 heteroatoms. The molecule has 0 spiro atoms. The first-order valence-electron chi connectivity index (χ1n) is 8.67. The Kier molecular flexibility index (Phi) is 6.22. The molecule has 0 aliphatic heterocycles. The van der Waals surface area contributed by atoms with E-state index in [1.54, 1.807) is 20.8 Å². The van der Waals surface area contributed by atoms with E-state index in [9.17, 15) is 21.6 Å². The van der Waals surface area contributed by atoms with Gasteiger partial charge in [0.25, 0.3) is 0 Å². The van der Waals surface area contributed by atoms with Crippen molar-refractivity contribution in [3.05, 3.63) is 24.0 Å². The lowest BCUT2D eigenvalue weighted by atomic mass is 9.86. The highest BCUT2D eigenvalue weighted by atomic mass is 32.2. The van der Waals surface area contributed by atoms with E-state index >= 15 is 0 Å². The molecule has 0 amide bonds. The molecule has 2 rings (SSSR count). The second kappa shape index (κ2) is 7.72. The van der Waals surface area contributed by atoms with Gasteiger partial charge in [-0.2, -0.15) is 13.2 Å². The number of aromatic nitrogens is 1. The topological polar surface area (TPSA) is 71.1 Å². The van der Waals surface area contributed by atoms with E-state index in [4.69, 9.17) is 0 Å². The van der Waals surface area contributed by atoms with Crippen LogP contribution in [-0.2, 0) is 16.2 Å². The lowest BCUT2D eigenvalue weighted by Gasteiger charge is -2.31. The molecular formula is C17H26F3N3O2S. The summed E-state index contributed by atoms with van der Waals surface area (Å²) in [5.74, 6) is 0.354. The predicted molar refractivity (Wildman–Crippen MR) is 95.3 cm³/mol. The fourth-order valence-electron chi connectivity index (χ4n) is 2.81. The first kappa shape index (κ1) is 21.0. The van der Waals surface area contributed by atoms with Crippen molar-refractivity contribution in [2.45, 2.75) is 63.4 Å². The zero-order chi connectivity index (χ0) is 19.6. The third-order valence-electron chi connectivity index (χ3n) is 4.62. The number of hydrogen-bond donors (Lipinski definition) is 2. The Labute approximate surface area is 152 Å². The van der Waals surface area contributed by atoms with Gasteiger partial charge in [0.1, 0.15) is 5.69 Å². The van der Waals surface area contributed by atoms with E-state index in [1.165, 1.54) is 12.3 Å². The molecule has 5 nitrogen and oxygen atoms in total. The van der Waals surface area contributed by atoms with Gasteiger partial charge in [-0.3, -0.25) is 0 Å². The zero-order valence-corrected chi connectivity index (χ0v) is 16.0. The number of anilines is 1. The molecule has 26 heavy (non-hydrogen) atoms. The zero-order valence-electron chi connectivity index (χ0n) is 15.2. The van der Waals surface area contributed by atoms with Gasteiger partial charge in [-0.05, 0) is 64.5 Å². The van der Waals surface area contributed by atoms with E-state index in [1.807, 2.05) is 0 Å². The Balaban J connectivity index is 1.79. The highest BCUT2D eigenvalue weighted by Gasteiger charge is 2.33. The van der Waals surface area contributed by atoms with Crippen LogP contribution in [0.2, 0.25) is 0 Å². The molecule has 0 saturated heterocycles. The summed E-state index contributed by atoms with van der Waals surface area (Å²) in [6, 6.07) is 2.28. The summed E-state index contributed by atoms with van der Waals surface area (Å²) in [4.78, 5) is 3.42. The summed E-state index contributed by atoms with van der Waals surface area (Å²) in [5.41, 5.74) is -0.358. The van der Waals surface area contributed by atoms with Gasteiger partial charge in [-0.1, -0.05) is 0 Å². The number of halogens is 3. The average molecular weight is 393 g/mol. The third kappa shape index (κ3) is 5.57. The maximum atomic E-state index is 12.5. The van der Waals surface area contributed by atoms with Crippen molar-refractivity contribution >= 4 is 15.7 Å². The van der Waals surface area contributed by atoms with Crippen LogP contribution >= 0.6 is 0 Å². The quantitative estimate of drug-likeness (QED) is 0.799. The van der Waals surface area contributed by atoms with E-state index in [0.29, 0.717) is 18.2 Å². The summed E-state index contributed by atoms with van der Waals surface area (Å²) in [6.45, 7) is 5.64. The van der Waals surface area contributed by atoms with Crippen LogP contribution < -0.4 is 10.0 Å². The Morgan fingerprint density at radius 1 is 1.12 bits per heavy atom. The largest absolute Gasteiger partial charge is 0.433 e. The van der Waals surface area contributed by atoms with Crippen LogP contribution in [-0.4, -0.2) is 30.7 Å². The number of alkyl halides is 3. The van der Waals surface area contributed by atoms with Gasteiger partial charge in [0.2, 0.25) is 10.0 Å². The maximum Gasteiger partial charge on any atom is 0.433 e. The summed E-state index contributed by atoms with van der Waals surface area (Å²) >= 11 is 0. The molecule has 0 aromatic carbocycles.